The van der Waals surface area contributed by atoms with Crippen molar-refractivity contribution in [3.05, 3.63) is 54.0 Å². The number of sulfonamides is 1. The zero-order chi connectivity index (χ0) is 22.6. The molecule has 0 spiro atoms. The maximum Gasteiger partial charge on any atom is 0.244 e. The second-order valence-corrected chi connectivity index (χ2v) is 10.1. The minimum absolute atomic E-state index is 0.0232. The molecular formula is C22H30FN5O3S. The predicted octanol–water partition coefficient (Wildman–Crippen LogP) is 1.64. The predicted molar refractivity (Wildman–Crippen MR) is 121 cm³/mol. The van der Waals surface area contributed by atoms with Gasteiger partial charge in [-0.25, -0.2) is 17.8 Å². The van der Waals surface area contributed by atoms with Crippen LogP contribution in [0.3, 0.4) is 0 Å². The van der Waals surface area contributed by atoms with E-state index in [1.54, 1.807) is 24.3 Å². The van der Waals surface area contributed by atoms with Crippen LogP contribution in [0.4, 0.5) is 10.2 Å². The molecule has 4 rings (SSSR count). The lowest BCUT2D eigenvalue weighted by atomic mass is 10.0. The highest BCUT2D eigenvalue weighted by Crippen LogP contribution is 2.24. The Morgan fingerprint density at radius 2 is 1.72 bits per heavy atom. The van der Waals surface area contributed by atoms with Crippen LogP contribution < -0.4 is 5.32 Å². The molecule has 0 bridgehead atoms. The molecule has 2 aliphatic rings. The third-order valence-electron chi connectivity index (χ3n) is 6.05. The van der Waals surface area contributed by atoms with E-state index < -0.39 is 10.0 Å². The van der Waals surface area contributed by atoms with E-state index in [9.17, 15) is 12.8 Å². The van der Waals surface area contributed by atoms with Crippen LogP contribution >= 0.6 is 0 Å². The largest absolute Gasteiger partial charge is 0.379 e. The third kappa shape index (κ3) is 5.44. The summed E-state index contributed by atoms with van der Waals surface area (Å²) in [7, 11) is -1.55. The van der Waals surface area contributed by atoms with Crippen molar-refractivity contribution in [2.24, 2.45) is 0 Å². The molecule has 174 valence electrons. The number of benzene rings is 1. The molecule has 3 heterocycles. The molecule has 0 radical (unpaired) electrons. The van der Waals surface area contributed by atoms with E-state index in [1.165, 1.54) is 22.6 Å². The third-order valence-corrected chi connectivity index (χ3v) is 7.94. The molecule has 0 aliphatic carbocycles. The number of nitrogens with one attached hydrogen (secondary N) is 1. The van der Waals surface area contributed by atoms with Gasteiger partial charge in [-0.3, -0.25) is 4.90 Å². The molecule has 1 aromatic heterocycles. The lowest BCUT2D eigenvalue weighted by Gasteiger charge is -2.35. The van der Waals surface area contributed by atoms with Crippen molar-refractivity contribution in [3.63, 3.8) is 0 Å². The second kappa shape index (κ2) is 10.2. The van der Waals surface area contributed by atoms with Crippen molar-refractivity contribution in [1.82, 2.24) is 19.1 Å². The van der Waals surface area contributed by atoms with E-state index in [0.717, 1.165) is 31.7 Å². The fraction of sp³-hybridized carbons (Fsp3) is 0.500. The second-order valence-electron chi connectivity index (χ2n) is 8.18. The molecule has 1 atom stereocenters. The van der Waals surface area contributed by atoms with Gasteiger partial charge in [0, 0.05) is 52.0 Å². The highest BCUT2D eigenvalue weighted by molar-refractivity contribution is 7.89. The van der Waals surface area contributed by atoms with Crippen molar-refractivity contribution >= 4 is 15.8 Å². The SMILES string of the molecule is CN1CCN(S(=O)(=O)c2ccc(NCC(c3ccc(F)cc3)N3CCOCC3)nc2)CC1. The molecule has 8 nitrogen and oxygen atoms in total. The molecular weight excluding hydrogens is 433 g/mol. The van der Waals surface area contributed by atoms with Crippen LogP contribution in [0.5, 0.6) is 0 Å². The zero-order valence-corrected chi connectivity index (χ0v) is 19.1. The van der Waals surface area contributed by atoms with E-state index in [2.05, 4.69) is 20.1 Å². The standard InChI is InChI=1S/C22H30FN5O3S/c1-26-8-10-28(11-9-26)32(29,30)20-6-7-22(24-16-20)25-17-21(27-12-14-31-15-13-27)18-2-4-19(23)5-3-18/h2-7,16,21H,8-15,17H2,1H3,(H,24,25). The molecule has 0 amide bonds. The summed E-state index contributed by atoms with van der Waals surface area (Å²) in [6, 6.07) is 9.87. The summed E-state index contributed by atoms with van der Waals surface area (Å²) in [5.41, 5.74) is 1.01. The molecule has 2 fully saturated rings. The minimum Gasteiger partial charge on any atom is -0.379 e. The molecule has 32 heavy (non-hydrogen) atoms. The highest BCUT2D eigenvalue weighted by Gasteiger charge is 2.28. The Bertz CT molecular complexity index is 974. The van der Waals surface area contributed by atoms with E-state index in [0.29, 0.717) is 38.7 Å². The number of halogens is 1. The first-order valence-corrected chi connectivity index (χ1v) is 12.3. The first kappa shape index (κ1) is 23.1. The summed E-state index contributed by atoms with van der Waals surface area (Å²) in [6.07, 6.45) is 1.41. The molecule has 2 aromatic rings. The van der Waals surface area contributed by atoms with Crippen molar-refractivity contribution in [2.75, 3.05) is 71.4 Å². The van der Waals surface area contributed by atoms with E-state index >= 15 is 0 Å². The number of rotatable bonds is 7. The summed E-state index contributed by atoms with van der Waals surface area (Å²) in [6.45, 7) is 5.87. The normalized spacial score (nSPS) is 20.2. The number of anilines is 1. The number of morpholine rings is 1. The molecule has 0 saturated carbocycles. The Kier molecular flexibility index (Phi) is 7.37. The van der Waals surface area contributed by atoms with Crippen molar-refractivity contribution in [1.29, 1.82) is 0 Å². The van der Waals surface area contributed by atoms with E-state index in [1.807, 2.05) is 7.05 Å². The first-order chi connectivity index (χ1) is 15.4. The Hall–Kier alpha value is -2.11. The van der Waals surface area contributed by atoms with Gasteiger partial charge in [0.2, 0.25) is 10.0 Å². The smallest absolute Gasteiger partial charge is 0.244 e. The number of hydrogen-bond acceptors (Lipinski definition) is 7. The number of piperazine rings is 1. The minimum atomic E-state index is -3.54. The van der Waals surface area contributed by atoms with Gasteiger partial charge >= 0.3 is 0 Å². The van der Waals surface area contributed by atoms with Crippen molar-refractivity contribution in [2.45, 2.75) is 10.9 Å². The van der Waals surface area contributed by atoms with E-state index in [4.69, 9.17) is 4.74 Å². The average Bonchev–Trinajstić information content (AvgIpc) is 2.82. The van der Waals surface area contributed by atoms with Crippen LogP contribution in [0.15, 0.2) is 47.5 Å². The molecule has 10 heteroatoms. The van der Waals surface area contributed by atoms with E-state index in [-0.39, 0.29) is 16.8 Å². The van der Waals surface area contributed by atoms with Gasteiger partial charge in [-0.2, -0.15) is 4.31 Å². The monoisotopic (exact) mass is 463 g/mol. The van der Waals surface area contributed by atoms with Crippen LogP contribution in [0.1, 0.15) is 11.6 Å². The van der Waals surface area contributed by atoms with Crippen LogP contribution in [-0.4, -0.2) is 93.6 Å². The quantitative estimate of drug-likeness (QED) is 0.669. The zero-order valence-electron chi connectivity index (χ0n) is 18.3. The number of pyridine rings is 1. The summed E-state index contributed by atoms with van der Waals surface area (Å²) in [4.78, 5) is 8.97. The Labute approximate surface area is 189 Å². The van der Waals surface area contributed by atoms with Crippen LogP contribution in [-0.2, 0) is 14.8 Å². The van der Waals surface area contributed by atoms with Gasteiger partial charge in [0.25, 0.3) is 0 Å². The van der Waals surface area contributed by atoms with Gasteiger partial charge in [-0.15, -0.1) is 0 Å². The maximum atomic E-state index is 13.4. The van der Waals surface area contributed by atoms with Gasteiger partial charge < -0.3 is 15.0 Å². The molecule has 1 N–H and O–H groups in total. The van der Waals surface area contributed by atoms with Gasteiger partial charge in [0.15, 0.2) is 0 Å². The van der Waals surface area contributed by atoms with Crippen molar-refractivity contribution < 1.29 is 17.5 Å². The molecule has 1 unspecified atom stereocenters. The average molecular weight is 464 g/mol. The topological polar surface area (TPSA) is 78.0 Å². The van der Waals surface area contributed by atoms with Gasteiger partial charge in [-0.1, -0.05) is 12.1 Å². The number of likely N-dealkylation sites (N-methyl/N-ethyl adjacent to an activating group) is 1. The molecule has 1 aromatic carbocycles. The fourth-order valence-corrected chi connectivity index (χ4v) is 5.42. The van der Waals surface area contributed by atoms with Crippen LogP contribution in [0.25, 0.3) is 0 Å². The molecule has 2 saturated heterocycles. The van der Waals surface area contributed by atoms with Gasteiger partial charge in [0.05, 0.1) is 19.3 Å². The molecule has 2 aliphatic heterocycles. The van der Waals surface area contributed by atoms with Crippen LogP contribution in [0, 0.1) is 5.82 Å². The number of ether oxygens (including phenoxy) is 1. The Balaban J connectivity index is 1.43. The lowest BCUT2D eigenvalue weighted by Crippen LogP contribution is -2.47. The lowest BCUT2D eigenvalue weighted by molar-refractivity contribution is 0.0187. The number of aromatic nitrogens is 1. The van der Waals surface area contributed by atoms with Crippen molar-refractivity contribution in [3.8, 4) is 0 Å². The van der Waals surface area contributed by atoms with Crippen LogP contribution in [0.2, 0.25) is 0 Å². The summed E-state index contributed by atoms with van der Waals surface area (Å²) < 4.78 is 46.2. The fourth-order valence-electron chi connectivity index (χ4n) is 4.05. The summed E-state index contributed by atoms with van der Waals surface area (Å²) >= 11 is 0. The summed E-state index contributed by atoms with van der Waals surface area (Å²) in [5.74, 6) is 0.337. The maximum absolute atomic E-state index is 13.4. The van der Waals surface area contributed by atoms with Gasteiger partial charge in [-0.05, 0) is 36.9 Å². The number of hydrogen-bond donors (Lipinski definition) is 1. The number of nitrogens with zero attached hydrogens (tertiary/aromatic N) is 4. The Morgan fingerprint density at radius 3 is 2.34 bits per heavy atom. The first-order valence-electron chi connectivity index (χ1n) is 10.9. The highest BCUT2D eigenvalue weighted by atomic mass is 32.2. The summed E-state index contributed by atoms with van der Waals surface area (Å²) in [5, 5.41) is 3.32. The van der Waals surface area contributed by atoms with Gasteiger partial charge in [0.1, 0.15) is 16.5 Å². The Morgan fingerprint density at radius 1 is 1.03 bits per heavy atom.